The number of hydrogen-bond acceptors (Lipinski definition) is 6. The van der Waals surface area contributed by atoms with Crippen molar-refractivity contribution < 1.29 is 23.8 Å². The molecule has 2 aliphatic heterocycles. The van der Waals surface area contributed by atoms with E-state index in [9.17, 15) is 9.59 Å². The molecule has 0 unspecified atom stereocenters. The van der Waals surface area contributed by atoms with E-state index in [0.29, 0.717) is 25.4 Å². The van der Waals surface area contributed by atoms with Crippen LogP contribution in [0.1, 0.15) is 55.0 Å². The Morgan fingerprint density at radius 1 is 1.14 bits per heavy atom. The van der Waals surface area contributed by atoms with Crippen LogP contribution in [0.3, 0.4) is 0 Å². The molecule has 0 N–H and O–H groups in total. The van der Waals surface area contributed by atoms with Gasteiger partial charge in [-0.2, -0.15) is 0 Å². The van der Waals surface area contributed by atoms with Crippen LogP contribution in [0, 0.1) is 5.92 Å². The van der Waals surface area contributed by atoms with Gasteiger partial charge in [0.15, 0.2) is 0 Å². The lowest BCUT2D eigenvalue weighted by Crippen LogP contribution is -2.50. The van der Waals surface area contributed by atoms with Gasteiger partial charge in [-0.15, -0.1) is 11.3 Å². The molecule has 2 fully saturated rings. The molecule has 0 bridgehead atoms. The van der Waals surface area contributed by atoms with Crippen molar-refractivity contribution in [2.75, 3.05) is 40.0 Å². The number of hydrogen-bond donors (Lipinski definition) is 0. The molecule has 0 radical (unpaired) electrons. The van der Waals surface area contributed by atoms with E-state index in [1.165, 1.54) is 4.88 Å². The van der Waals surface area contributed by atoms with Gasteiger partial charge < -0.3 is 24.0 Å². The van der Waals surface area contributed by atoms with Crippen molar-refractivity contribution in [1.82, 2.24) is 9.80 Å². The lowest BCUT2D eigenvalue weighted by Gasteiger charge is -2.37. The fraction of sp³-hybridized carbons (Fsp3) is 0.571. The Labute approximate surface area is 217 Å². The van der Waals surface area contributed by atoms with Crippen LogP contribution in [0.2, 0.25) is 0 Å². The first kappa shape index (κ1) is 25.1. The molecule has 1 saturated heterocycles. The Hall–Kier alpha value is -2.58. The Balaban J connectivity index is 1.31. The predicted molar refractivity (Wildman–Crippen MR) is 138 cm³/mol. The van der Waals surface area contributed by atoms with Gasteiger partial charge in [0.2, 0.25) is 11.8 Å². The van der Waals surface area contributed by atoms with Gasteiger partial charge in [-0.25, -0.2) is 0 Å². The zero-order chi connectivity index (χ0) is 24.9. The SMILES string of the molecule is COc1cccc(OC[C@H]2c3ccsc3CCN2C(=O)CN(C[C@@H]2CCCO2)C(=O)C2CCCC2)c1. The third-order valence-corrected chi connectivity index (χ3v) is 8.65. The molecule has 0 spiro atoms. The molecule has 3 heterocycles. The van der Waals surface area contributed by atoms with Crippen molar-refractivity contribution in [2.24, 2.45) is 5.92 Å². The molecule has 1 aliphatic carbocycles. The summed E-state index contributed by atoms with van der Waals surface area (Å²) in [7, 11) is 1.63. The summed E-state index contributed by atoms with van der Waals surface area (Å²) < 4.78 is 17.3. The van der Waals surface area contributed by atoms with Crippen LogP contribution in [-0.2, 0) is 20.7 Å². The number of amides is 2. The first-order valence-electron chi connectivity index (χ1n) is 13.2. The zero-order valence-electron chi connectivity index (χ0n) is 21.0. The second kappa shape index (κ2) is 11.6. The summed E-state index contributed by atoms with van der Waals surface area (Å²) in [6.45, 7) is 2.32. The quantitative estimate of drug-likeness (QED) is 0.496. The molecule has 3 aliphatic rings. The largest absolute Gasteiger partial charge is 0.497 e. The average molecular weight is 513 g/mol. The number of methoxy groups -OCH3 is 1. The molecule has 7 nitrogen and oxygen atoms in total. The molecule has 194 valence electrons. The Bertz CT molecular complexity index is 1040. The van der Waals surface area contributed by atoms with E-state index < -0.39 is 0 Å². The molecule has 2 amide bonds. The highest BCUT2D eigenvalue weighted by Gasteiger charge is 2.36. The maximum Gasteiger partial charge on any atom is 0.242 e. The maximum atomic E-state index is 13.8. The van der Waals surface area contributed by atoms with Crippen LogP contribution in [-0.4, -0.2) is 67.7 Å². The molecule has 8 heteroatoms. The molecule has 1 aromatic carbocycles. The van der Waals surface area contributed by atoms with E-state index in [2.05, 4.69) is 11.4 Å². The van der Waals surface area contributed by atoms with Gasteiger partial charge in [-0.3, -0.25) is 9.59 Å². The second-order valence-electron chi connectivity index (χ2n) is 9.98. The molecule has 1 aromatic heterocycles. The van der Waals surface area contributed by atoms with Crippen molar-refractivity contribution in [2.45, 2.75) is 57.1 Å². The maximum absolute atomic E-state index is 13.8. The smallest absolute Gasteiger partial charge is 0.242 e. The standard InChI is InChI=1S/C28H36N2O5S/c1-33-21-8-4-9-22(16-21)35-19-25-24-12-15-36-26(24)11-13-30(25)27(31)18-29(17-23-10-5-14-34-23)28(32)20-6-2-3-7-20/h4,8-9,12,15-16,20,23,25H,2-3,5-7,10-11,13-14,17-19H2,1H3/t23-,25-/m0/s1. The van der Waals surface area contributed by atoms with Crippen molar-refractivity contribution >= 4 is 23.2 Å². The molecule has 1 saturated carbocycles. The topological polar surface area (TPSA) is 68.3 Å². The van der Waals surface area contributed by atoms with Gasteiger partial charge in [0.1, 0.15) is 18.1 Å². The third kappa shape index (κ3) is 5.70. The number of carbonyl (C=O) groups excluding carboxylic acids is 2. The summed E-state index contributed by atoms with van der Waals surface area (Å²) >= 11 is 1.73. The number of nitrogens with zero attached hydrogens (tertiary/aromatic N) is 2. The summed E-state index contributed by atoms with van der Waals surface area (Å²) in [4.78, 5) is 32.2. The third-order valence-electron chi connectivity index (χ3n) is 7.65. The minimum Gasteiger partial charge on any atom is -0.497 e. The van der Waals surface area contributed by atoms with Gasteiger partial charge >= 0.3 is 0 Å². The lowest BCUT2D eigenvalue weighted by atomic mass is 10.00. The Morgan fingerprint density at radius 3 is 2.75 bits per heavy atom. The first-order valence-corrected chi connectivity index (χ1v) is 14.0. The zero-order valence-corrected chi connectivity index (χ0v) is 21.8. The predicted octanol–water partition coefficient (Wildman–Crippen LogP) is 4.46. The molecule has 36 heavy (non-hydrogen) atoms. The van der Waals surface area contributed by atoms with E-state index >= 15 is 0 Å². The fourth-order valence-electron chi connectivity index (χ4n) is 5.69. The summed E-state index contributed by atoms with van der Waals surface area (Å²) in [5.74, 6) is 1.58. The van der Waals surface area contributed by atoms with Crippen molar-refractivity contribution in [3.05, 3.63) is 46.2 Å². The van der Waals surface area contributed by atoms with Gasteiger partial charge in [-0.1, -0.05) is 18.9 Å². The number of thiophene rings is 1. The second-order valence-corrected chi connectivity index (χ2v) is 11.0. The fourth-order valence-corrected chi connectivity index (χ4v) is 6.62. The first-order chi connectivity index (χ1) is 17.6. The van der Waals surface area contributed by atoms with Gasteiger partial charge in [0, 0.05) is 36.6 Å². The van der Waals surface area contributed by atoms with Crippen LogP contribution < -0.4 is 9.47 Å². The Morgan fingerprint density at radius 2 is 1.97 bits per heavy atom. The highest BCUT2D eigenvalue weighted by Crippen LogP contribution is 2.35. The van der Waals surface area contributed by atoms with E-state index in [1.54, 1.807) is 23.3 Å². The highest BCUT2D eigenvalue weighted by molar-refractivity contribution is 7.10. The van der Waals surface area contributed by atoms with E-state index in [4.69, 9.17) is 14.2 Å². The minimum atomic E-state index is -0.190. The normalized spacial score (nSPS) is 21.9. The van der Waals surface area contributed by atoms with Gasteiger partial charge in [-0.05, 0) is 61.2 Å². The molecular formula is C28H36N2O5S. The number of ether oxygens (including phenoxy) is 3. The van der Waals surface area contributed by atoms with Crippen LogP contribution in [0.25, 0.3) is 0 Å². The van der Waals surface area contributed by atoms with Gasteiger partial charge in [0.25, 0.3) is 0 Å². The van der Waals surface area contributed by atoms with Gasteiger partial charge in [0.05, 0.1) is 25.8 Å². The Kier molecular flexibility index (Phi) is 8.12. The monoisotopic (exact) mass is 512 g/mol. The van der Waals surface area contributed by atoms with Crippen molar-refractivity contribution in [1.29, 1.82) is 0 Å². The van der Waals surface area contributed by atoms with Crippen LogP contribution >= 0.6 is 11.3 Å². The van der Waals surface area contributed by atoms with Crippen molar-refractivity contribution in [3.63, 3.8) is 0 Å². The summed E-state index contributed by atoms with van der Waals surface area (Å²) in [5, 5.41) is 2.09. The van der Waals surface area contributed by atoms with E-state index in [-0.39, 0.29) is 36.4 Å². The average Bonchev–Trinajstić information content (AvgIpc) is 3.69. The lowest BCUT2D eigenvalue weighted by molar-refractivity contribution is -0.146. The molecule has 2 atom stereocenters. The molecule has 2 aromatic rings. The van der Waals surface area contributed by atoms with Crippen LogP contribution in [0.5, 0.6) is 11.5 Å². The number of benzene rings is 1. The van der Waals surface area contributed by atoms with Crippen LogP contribution in [0.4, 0.5) is 0 Å². The summed E-state index contributed by atoms with van der Waals surface area (Å²) in [6, 6.07) is 9.44. The van der Waals surface area contributed by atoms with E-state index in [0.717, 1.165) is 62.9 Å². The molecular weight excluding hydrogens is 476 g/mol. The van der Waals surface area contributed by atoms with E-state index in [1.807, 2.05) is 29.2 Å². The summed E-state index contributed by atoms with van der Waals surface area (Å²) in [6.07, 6.45) is 6.85. The number of carbonyl (C=O) groups is 2. The highest BCUT2D eigenvalue weighted by atomic mass is 32.1. The number of fused-ring (bicyclic) bond motifs is 1. The summed E-state index contributed by atoms with van der Waals surface area (Å²) in [5.41, 5.74) is 1.15. The number of rotatable bonds is 9. The molecule has 5 rings (SSSR count). The van der Waals surface area contributed by atoms with Crippen LogP contribution in [0.15, 0.2) is 35.7 Å². The minimum absolute atomic E-state index is 0.0181. The van der Waals surface area contributed by atoms with Crippen molar-refractivity contribution in [3.8, 4) is 11.5 Å².